The second-order valence-electron chi connectivity index (χ2n) is 7.97. The van der Waals surface area contributed by atoms with E-state index in [1.807, 2.05) is 46.8 Å². The average Bonchev–Trinajstić information content (AvgIpc) is 3.40. The van der Waals surface area contributed by atoms with Gasteiger partial charge in [0.1, 0.15) is 24.0 Å². The predicted molar refractivity (Wildman–Crippen MR) is 156 cm³/mol. The maximum Gasteiger partial charge on any atom is 0.166 e. The van der Waals surface area contributed by atoms with Crippen LogP contribution in [0.2, 0.25) is 0 Å². The van der Waals surface area contributed by atoms with Crippen molar-refractivity contribution >= 4 is 55.7 Å². The van der Waals surface area contributed by atoms with Crippen LogP contribution in [0.3, 0.4) is 0 Å². The van der Waals surface area contributed by atoms with Gasteiger partial charge in [-0.25, -0.2) is 19.3 Å². The topological polar surface area (TPSA) is 108 Å². The zero-order valence-corrected chi connectivity index (χ0v) is 23.5. The van der Waals surface area contributed by atoms with Gasteiger partial charge in [-0.1, -0.05) is 27.7 Å². The van der Waals surface area contributed by atoms with Crippen LogP contribution in [0.4, 0.5) is 15.9 Å². The van der Waals surface area contributed by atoms with Crippen LogP contribution in [-0.2, 0) is 4.74 Å². The van der Waals surface area contributed by atoms with Crippen molar-refractivity contribution in [3.05, 3.63) is 53.7 Å². The van der Waals surface area contributed by atoms with Crippen LogP contribution in [0.1, 0.15) is 40.2 Å². The number of nitrogens with two attached hydrogens (primary N) is 1. The van der Waals surface area contributed by atoms with Gasteiger partial charge >= 0.3 is 0 Å². The van der Waals surface area contributed by atoms with Gasteiger partial charge in [-0.3, -0.25) is 4.99 Å². The van der Waals surface area contributed by atoms with Crippen LogP contribution in [0, 0.1) is 11.7 Å². The Morgan fingerprint density at radius 1 is 1.18 bits per heavy atom. The number of thiazole rings is 1. The van der Waals surface area contributed by atoms with Gasteiger partial charge < -0.3 is 20.5 Å². The standard InChI is InChI=1S/C24H23FN6O2S.2C2H6/c1-13(16-9-32-10-16)33-20-6-14(15(7-26)8-27-2)5-19-21(20)24(29-11-28-19)31-17-3-4-18-23(22(17)25)34-12-30-18;2*1-2/h3-8,11-13,16H,9-10,26H2,1-2H3,(H,28,29,31);2*1-2H3/b15-7+,27-8?;;. The number of hydrogen-bond acceptors (Lipinski definition) is 9. The molecule has 202 valence electrons. The smallest absolute Gasteiger partial charge is 0.166 e. The lowest BCUT2D eigenvalue weighted by Crippen LogP contribution is -2.39. The van der Waals surface area contributed by atoms with E-state index in [9.17, 15) is 0 Å². The molecular formula is C28H35FN6O2S. The zero-order valence-electron chi connectivity index (χ0n) is 22.7. The molecule has 0 amide bonds. The Bertz CT molecular complexity index is 1420. The van der Waals surface area contributed by atoms with Gasteiger partial charge in [0, 0.05) is 31.0 Å². The third-order valence-electron chi connectivity index (χ3n) is 5.82. The van der Waals surface area contributed by atoms with E-state index in [0.717, 1.165) is 11.1 Å². The molecule has 0 bridgehead atoms. The molecule has 8 nitrogen and oxygen atoms in total. The summed E-state index contributed by atoms with van der Waals surface area (Å²) >= 11 is 1.25. The fourth-order valence-corrected chi connectivity index (χ4v) is 4.53. The molecule has 1 fully saturated rings. The Morgan fingerprint density at radius 2 is 1.95 bits per heavy atom. The third-order valence-corrected chi connectivity index (χ3v) is 6.65. The van der Waals surface area contributed by atoms with E-state index in [-0.39, 0.29) is 17.8 Å². The summed E-state index contributed by atoms with van der Waals surface area (Å²) < 4.78 is 27.4. The molecule has 5 rings (SSSR count). The Hall–Kier alpha value is -3.63. The molecule has 1 unspecified atom stereocenters. The molecule has 4 aromatic rings. The van der Waals surface area contributed by atoms with Gasteiger partial charge in [0.05, 0.1) is 45.5 Å². The SMILES string of the molecule is CC.CC.CN=C/C(=C\N)c1cc(OC(C)C2COC2)c2c(Nc3ccc4ncsc4c3F)ncnc2c1. The van der Waals surface area contributed by atoms with E-state index in [4.69, 9.17) is 15.2 Å². The Labute approximate surface area is 226 Å². The summed E-state index contributed by atoms with van der Waals surface area (Å²) in [7, 11) is 1.68. The Kier molecular flexibility index (Phi) is 10.5. The normalized spacial score (nSPS) is 14.3. The first-order valence-corrected chi connectivity index (χ1v) is 13.6. The maximum atomic E-state index is 15.1. The predicted octanol–water partition coefficient (Wildman–Crippen LogP) is 6.59. The molecule has 1 aliphatic rings. The highest BCUT2D eigenvalue weighted by Crippen LogP contribution is 2.37. The molecular weight excluding hydrogens is 503 g/mol. The lowest BCUT2D eigenvalue weighted by Gasteiger charge is -2.32. The van der Waals surface area contributed by atoms with E-state index >= 15 is 4.39 Å². The van der Waals surface area contributed by atoms with E-state index in [1.165, 1.54) is 23.9 Å². The highest BCUT2D eigenvalue weighted by atomic mass is 32.1. The van der Waals surface area contributed by atoms with Crippen molar-refractivity contribution in [2.45, 2.75) is 40.7 Å². The molecule has 1 atom stereocenters. The first kappa shape index (κ1) is 28.9. The number of nitrogens with one attached hydrogen (secondary N) is 1. The Morgan fingerprint density at radius 3 is 2.61 bits per heavy atom. The second kappa shape index (κ2) is 13.8. The fraction of sp³-hybridized carbons (Fsp3) is 0.357. The van der Waals surface area contributed by atoms with Crippen molar-refractivity contribution < 1.29 is 13.9 Å². The number of rotatable bonds is 7. The quantitative estimate of drug-likeness (QED) is 0.256. The molecule has 2 aromatic carbocycles. The summed E-state index contributed by atoms with van der Waals surface area (Å²) in [5.41, 5.74) is 10.5. The highest BCUT2D eigenvalue weighted by Gasteiger charge is 2.28. The third kappa shape index (κ3) is 6.08. The second-order valence-corrected chi connectivity index (χ2v) is 8.83. The number of hydrogen-bond donors (Lipinski definition) is 2. The molecule has 0 saturated carbocycles. The lowest BCUT2D eigenvalue weighted by atomic mass is 10.0. The first-order chi connectivity index (χ1) is 18.6. The van der Waals surface area contributed by atoms with Crippen LogP contribution in [0.25, 0.3) is 26.7 Å². The average molecular weight is 539 g/mol. The molecule has 0 spiro atoms. The van der Waals surface area contributed by atoms with Crippen molar-refractivity contribution in [1.29, 1.82) is 0 Å². The molecule has 2 aromatic heterocycles. The minimum atomic E-state index is -0.377. The molecule has 1 aliphatic heterocycles. The number of halogens is 1. The number of nitrogens with zero attached hydrogens (tertiary/aromatic N) is 4. The number of ether oxygens (including phenoxy) is 2. The summed E-state index contributed by atoms with van der Waals surface area (Å²) in [6, 6.07) is 7.20. The van der Waals surface area contributed by atoms with Crippen LogP contribution in [0.15, 0.2) is 47.3 Å². The van der Waals surface area contributed by atoms with E-state index in [1.54, 1.807) is 30.9 Å². The van der Waals surface area contributed by atoms with Crippen molar-refractivity contribution in [1.82, 2.24) is 15.0 Å². The van der Waals surface area contributed by atoms with Gasteiger partial charge in [0.25, 0.3) is 0 Å². The number of fused-ring (bicyclic) bond motifs is 2. The van der Waals surface area contributed by atoms with Gasteiger partial charge in [-0.05, 0) is 36.8 Å². The minimum absolute atomic E-state index is 0.101. The number of benzene rings is 2. The van der Waals surface area contributed by atoms with Crippen molar-refractivity contribution in [2.75, 3.05) is 25.6 Å². The van der Waals surface area contributed by atoms with Crippen molar-refractivity contribution in [3.63, 3.8) is 0 Å². The molecule has 0 aliphatic carbocycles. The largest absolute Gasteiger partial charge is 0.489 e. The fourth-order valence-electron chi connectivity index (χ4n) is 3.80. The minimum Gasteiger partial charge on any atom is -0.489 e. The number of aromatic nitrogens is 3. The first-order valence-electron chi connectivity index (χ1n) is 12.8. The Balaban J connectivity index is 0.000000956. The number of allylic oxidation sites excluding steroid dienone is 1. The molecule has 3 heterocycles. The van der Waals surface area contributed by atoms with Gasteiger partial charge in [-0.2, -0.15) is 0 Å². The molecule has 1 saturated heterocycles. The summed E-state index contributed by atoms with van der Waals surface area (Å²) in [6.07, 6.45) is 4.50. The number of anilines is 2. The summed E-state index contributed by atoms with van der Waals surface area (Å²) in [5.74, 6) is 0.915. The highest BCUT2D eigenvalue weighted by molar-refractivity contribution is 7.16. The molecule has 0 radical (unpaired) electrons. The van der Waals surface area contributed by atoms with Gasteiger partial charge in [0.15, 0.2) is 5.82 Å². The van der Waals surface area contributed by atoms with Crippen LogP contribution in [-0.4, -0.2) is 47.5 Å². The number of aliphatic imine (C=N–C) groups is 1. The van der Waals surface area contributed by atoms with Crippen molar-refractivity contribution in [2.24, 2.45) is 16.6 Å². The summed E-state index contributed by atoms with van der Waals surface area (Å²) in [5, 5.41) is 3.78. The maximum absolute atomic E-state index is 15.1. The monoisotopic (exact) mass is 538 g/mol. The van der Waals surface area contributed by atoms with Gasteiger partial charge in [0.2, 0.25) is 0 Å². The van der Waals surface area contributed by atoms with E-state index < -0.39 is 0 Å². The zero-order chi connectivity index (χ0) is 27.7. The van der Waals surface area contributed by atoms with Gasteiger partial charge in [-0.15, -0.1) is 11.3 Å². The summed E-state index contributed by atoms with van der Waals surface area (Å²) in [4.78, 5) is 17.1. The molecule has 10 heteroatoms. The van der Waals surface area contributed by atoms with Crippen LogP contribution >= 0.6 is 11.3 Å². The van der Waals surface area contributed by atoms with E-state index in [2.05, 4.69) is 25.3 Å². The lowest BCUT2D eigenvalue weighted by molar-refractivity contribution is -0.0773. The summed E-state index contributed by atoms with van der Waals surface area (Å²) in [6.45, 7) is 11.3. The molecule has 38 heavy (non-hydrogen) atoms. The van der Waals surface area contributed by atoms with Crippen molar-refractivity contribution in [3.8, 4) is 5.75 Å². The molecule has 3 N–H and O–H groups in total. The van der Waals surface area contributed by atoms with Crippen LogP contribution in [0.5, 0.6) is 5.75 Å². The van der Waals surface area contributed by atoms with Crippen LogP contribution < -0.4 is 15.8 Å². The van der Waals surface area contributed by atoms with E-state index in [0.29, 0.717) is 51.6 Å².